The second kappa shape index (κ2) is 9.33. The summed E-state index contributed by atoms with van der Waals surface area (Å²) < 4.78 is 10.5. The molecule has 0 aliphatic rings. The van der Waals surface area contributed by atoms with E-state index in [9.17, 15) is 19.7 Å². The van der Waals surface area contributed by atoms with Gasteiger partial charge in [-0.15, -0.1) is 0 Å². The summed E-state index contributed by atoms with van der Waals surface area (Å²) in [5.74, 6) is -0.625. The summed E-state index contributed by atoms with van der Waals surface area (Å²) in [6.07, 6.45) is -1.13. The Morgan fingerprint density at radius 3 is 2.48 bits per heavy atom. The van der Waals surface area contributed by atoms with Crippen LogP contribution in [-0.4, -0.2) is 29.5 Å². The van der Waals surface area contributed by atoms with Gasteiger partial charge in [-0.3, -0.25) is 19.7 Å². The highest BCUT2D eigenvalue weighted by Gasteiger charge is 2.21. The molecule has 1 N–H and O–H groups in total. The lowest BCUT2D eigenvalue weighted by atomic mass is 10.2. The van der Waals surface area contributed by atoms with E-state index in [4.69, 9.17) is 9.47 Å². The van der Waals surface area contributed by atoms with E-state index in [0.29, 0.717) is 5.75 Å². The summed E-state index contributed by atoms with van der Waals surface area (Å²) in [4.78, 5) is 34.3. The van der Waals surface area contributed by atoms with Crippen molar-refractivity contribution in [2.24, 2.45) is 0 Å². The van der Waals surface area contributed by atoms with Gasteiger partial charge in [0.05, 0.1) is 18.0 Å². The predicted octanol–water partition coefficient (Wildman–Crippen LogP) is 3.24. The average Bonchev–Trinajstić information content (AvgIpc) is 2.63. The number of aryl methyl sites for hydroxylation is 1. The highest BCUT2D eigenvalue weighted by atomic mass is 16.6. The molecule has 142 valence electrons. The van der Waals surface area contributed by atoms with Gasteiger partial charge in [0.15, 0.2) is 6.10 Å². The molecule has 0 aliphatic carbocycles. The van der Waals surface area contributed by atoms with Gasteiger partial charge < -0.3 is 14.8 Å². The molecule has 2 rings (SSSR count). The number of benzene rings is 2. The summed E-state index contributed by atoms with van der Waals surface area (Å²) in [7, 11) is 0. The molecular weight excluding hydrogens is 352 g/mol. The maximum Gasteiger partial charge on any atom is 0.310 e. The van der Waals surface area contributed by atoms with Gasteiger partial charge in [0, 0.05) is 6.07 Å². The Morgan fingerprint density at radius 1 is 1.15 bits per heavy atom. The molecule has 27 heavy (non-hydrogen) atoms. The van der Waals surface area contributed by atoms with Crippen LogP contribution in [0, 0.1) is 17.0 Å². The monoisotopic (exact) mass is 372 g/mol. The Morgan fingerprint density at radius 2 is 1.81 bits per heavy atom. The molecule has 0 aromatic heterocycles. The zero-order chi connectivity index (χ0) is 19.8. The number of para-hydroxylation sites is 2. The summed E-state index contributed by atoms with van der Waals surface area (Å²) in [6.45, 7) is 3.46. The van der Waals surface area contributed by atoms with E-state index < -0.39 is 22.9 Å². The Balaban J connectivity index is 1.80. The Bertz CT molecular complexity index is 819. The fraction of sp³-hybridized carbons (Fsp3) is 0.263. The molecule has 0 bridgehead atoms. The van der Waals surface area contributed by atoms with E-state index in [1.54, 1.807) is 18.2 Å². The zero-order valence-electron chi connectivity index (χ0n) is 15.0. The molecule has 0 unspecified atom stereocenters. The fourth-order valence-corrected chi connectivity index (χ4v) is 2.17. The van der Waals surface area contributed by atoms with Crippen molar-refractivity contribution in [3.63, 3.8) is 0 Å². The first kappa shape index (κ1) is 19.9. The van der Waals surface area contributed by atoms with Crippen molar-refractivity contribution in [2.45, 2.75) is 26.4 Å². The van der Waals surface area contributed by atoms with Crippen LogP contribution in [0.1, 0.15) is 18.9 Å². The lowest BCUT2D eigenvalue weighted by Gasteiger charge is -2.14. The van der Waals surface area contributed by atoms with E-state index >= 15 is 0 Å². The van der Waals surface area contributed by atoms with Crippen molar-refractivity contribution < 1.29 is 24.0 Å². The molecule has 2 aromatic carbocycles. The normalized spacial score (nSPS) is 11.3. The molecule has 8 nitrogen and oxygen atoms in total. The van der Waals surface area contributed by atoms with Crippen molar-refractivity contribution in [3.8, 4) is 5.75 Å². The van der Waals surface area contributed by atoms with Crippen LogP contribution in [0.25, 0.3) is 0 Å². The van der Waals surface area contributed by atoms with Crippen molar-refractivity contribution in [1.82, 2.24) is 0 Å². The molecule has 0 radical (unpaired) electrons. The minimum absolute atomic E-state index is 0.0308. The number of nitro benzene ring substituents is 1. The zero-order valence-corrected chi connectivity index (χ0v) is 15.0. The first-order chi connectivity index (χ1) is 12.9. The number of hydrogen-bond donors (Lipinski definition) is 1. The first-order valence-corrected chi connectivity index (χ1v) is 8.30. The second-order valence-corrected chi connectivity index (χ2v) is 5.81. The number of nitro groups is 1. The number of esters is 1. The largest absolute Gasteiger partial charge is 0.493 e. The van der Waals surface area contributed by atoms with Crippen molar-refractivity contribution in [1.29, 1.82) is 0 Å². The van der Waals surface area contributed by atoms with E-state index in [1.165, 1.54) is 25.1 Å². The van der Waals surface area contributed by atoms with Crippen molar-refractivity contribution in [2.75, 3.05) is 11.9 Å². The third-order valence-electron chi connectivity index (χ3n) is 3.63. The third-order valence-corrected chi connectivity index (χ3v) is 3.63. The quantitative estimate of drug-likeness (QED) is 0.433. The summed E-state index contributed by atoms with van der Waals surface area (Å²) in [5, 5.41) is 13.4. The van der Waals surface area contributed by atoms with Gasteiger partial charge in [-0.25, -0.2) is 0 Å². The summed E-state index contributed by atoms with van der Waals surface area (Å²) in [6, 6.07) is 13.1. The van der Waals surface area contributed by atoms with E-state index in [2.05, 4.69) is 5.32 Å². The number of ether oxygens (including phenoxy) is 2. The minimum atomic E-state index is -1.10. The number of nitrogens with one attached hydrogen (secondary N) is 1. The molecule has 0 spiro atoms. The molecule has 0 heterocycles. The van der Waals surface area contributed by atoms with Gasteiger partial charge in [0.25, 0.3) is 11.6 Å². The van der Waals surface area contributed by atoms with Crippen molar-refractivity contribution >= 4 is 23.3 Å². The van der Waals surface area contributed by atoms with Crippen LogP contribution < -0.4 is 10.1 Å². The number of rotatable bonds is 8. The van der Waals surface area contributed by atoms with E-state index in [-0.39, 0.29) is 24.4 Å². The van der Waals surface area contributed by atoms with Gasteiger partial charge in [-0.1, -0.05) is 29.8 Å². The number of hydrogen-bond acceptors (Lipinski definition) is 6. The van der Waals surface area contributed by atoms with Crippen LogP contribution >= 0.6 is 0 Å². The van der Waals surface area contributed by atoms with E-state index in [1.807, 2.05) is 19.1 Å². The number of nitrogens with zero attached hydrogens (tertiary/aromatic N) is 1. The molecule has 0 fully saturated rings. The Kier molecular flexibility index (Phi) is 6.87. The highest BCUT2D eigenvalue weighted by molar-refractivity contribution is 5.96. The molecule has 2 aromatic rings. The molecular formula is C19H20N2O6. The summed E-state index contributed by atoms with van der Waals surface area (Å²) >= 11 is 0. The molecule has 1 atom stereocenters. The maximum atomic E-state index is 12.1. The molecule has 1 amide bonds. The number of carbonyl (C=O) groups excluding carboxylic acids is 2. The van der Waals surface area contributed by atoms with Gasteiger partial charge >= 0.3 is 5.97 Å². The van der Waals surface area contributed by atoms with Gasteiger partial charge in [-0.2, -0.15) is 0 Å². The van der Waals surface area contributed by atoms with Gasteiger partial charge in [-0.05, 0) is 32.0 Å². The maximum absolute atomic E-state index is 12.1. The summed E-state index contributed by atoms with van der Waals surface area (Å²) in [5.41, 5.74) is 0.897. The lowest BCUT2D eigenvalue weighted by molar-refractivity contribution is -0.383. The van der Waals surface area contributed by atoms with Crippen LogP contribution in [0.2, 0.25) is 0 Å². The smallest absolute Gasteiger partial charge is 0.310 e. The minimum Gasteiger partial charge on any atom is -0.493 e. The highest BCUT2D eigenvalue weighted by Crippen LogP contribution is 2.23. The molecule has 0 saturated heterocycles. The lowest BCUT2D eigenvalue weighted by Crippen LogP contribution is -2.30. The third kappa shape index (κ3) is 6.10. The molecule has 0 aliphatic heterocycles. The van der Waals surface area contributed by atoms with Crippen LogP contribution in [0.3, 0.4) is 0 Å². The molecule has 0 saturated carbocycles. The topological polar surface area (TPSA) is 108 Å². The SMILES string of the molecule is Cc1ccc(OCCC(=O)O[C@@H](C)C(=O)Nc2ccccc2[N+](=O)[O-])cc1. The van der Waals surface area contributed by atoms with Crippen LogP contribution in [0.15, 0.2) is 48.5 Å². The predicted molar refractivity (Wildman–Crippen MR) is 98.6 cm³/mol. The number of amides is 1. The van der Waals surface area contributed by atoms with Gasteiger partial charge in [0.1, 0.15) is 11.4 Å². The Labute approximate surface area is 156 Å². The van der Waals surface area contributed by atoms with Crippen molar-refractivity contribution in [3.05, 3.63) is 64.2 Å². The Hall–Kier alpha value is -3.42. The number of carbonyl (C=O) groups is 2. The van der Waals surface area contributed by atoms with E-state index in [0.717, 1.165) is 5.56 Å². The van der Waals surface area contributed by atoms with Gasteiger partial charge in [0.2, 0.25) is 0 Å². The fourth-order valence-electron chi connectivity index (χ4n) is 2.17. The van der Waals surface area contributed by atoms with Crippen LogP contribution in [0.5, 0.6) is 5.75 Å². The van der Waals surface area contributed by atoms with Crippen LogP contribution in [0.4, 0.5) is 11.4 Å². The van der Waals surface area contributed by atoms with Crippen LogP contribution in [-0.2, 0) is 14.3 Å². The first-order valence-electron chi connectivity index (χ1n) is 8.30. The second-order valence-electron chi connectivity index (χ2n) is 5.81. The molecule has 8 heteroatoms. The number of anilines is 1. The standard InChI is InChI=1S/C19H20N2O6/c1-13-7-9-15(10-8-13)26-12-11-18(22)27-14(2)19(23)20-16-5-3-4-6-17(16)21(24)25/h3-10,14H,11-12H2,1-2H3,(H,20,23)/t14-/m0/s1. The average molecular weight is 372 g/mol.